The van der Waals surface area contributed by atoms with Crippen LogP contribution in [0.5, 0.6) is 0 Å². The van der Waals surface area contributed by atoms with E-state index in [4.69, 9.17) is 0 Å². The zero-order valence-electron chi connectivity index (χ0n) is 19.6. The molecule has 2 N–H and O–H groups in total. The molecule has 1 aromatic carbocycles. The van der Waals surface area contributed by atoms with Gasteiger partial charge < -0.3 is 20.2 Å². The molecule has 2 atom stereocenters. The van der Waals surface area contributed by atoms with E-state index in [-0.39, 0.29) is 34.8 Å². The molecule has 182 valence electrons. The van der Waals surface area contributed by atoms with Gasteiger partial charge in [0, 0.05) is 57.7 Å². The second kappa shape index (κ2) is 9.34. The summed E-state index contributed by atoms with van der Waals surface area (Å²) in [6.45, 7) is 6.21. The number of aliphatic hydroxyl groups is 1. The second-order valence-corrected chi connectivity index (χ2v) is 11.1. The largest absolute Gasteiger partial charge is 0.396 e. The second-order valence-electron chi connectivity index (χ2n) is 9.13. The summed E-state index contributed by atoms with van der Waals surface area (Å²) in [7, 11) is -3.74. The third kappa shape index (κ3) is 4.65. The van der Waals surface area contributed by atoms with E-state index in [1.165, 1.54) is 12.1 Å². The van der Waals surface area contributed by atoms with Crippen LogP contribution in [0.15, 0.2) is 35.4 Å². The molecule has 2 amide bonds. The van der Waals surface area contributed by atoms with Crippen molar-refractivity contribution < 1.29 is 23.1 Å². The van der Waals surface area contributed by atoms with Gasteiger partial charge in [0.25, 0.3) is 5.91 Å². The fourth-order valence-corrected chi connectivity index (χ4v) is 5.72. The molecule has 0 aliphatic carbocycles. The molecule has 0 saturated carbocycles. The first-order valence-electron chi connectivity index (χ1n) is 11.3. The number of pyridine rings is 1. The summed E-state index contributed by atoms with van der Waals surface area (Å²) >= 11 is 0. The summed E-state index contributed by atoms with van der Waals surface area (Å²) in [5, 5.41) is 12.3. The van der Waals surface area contributed by atoms with Crippen molar-refractivity contribution in [3.63, 3.8) is 0 Å². The van der Waals surface area contributed by atoms with Crippen molar-refractivity contribution >= 4 is 27.5 Å². The van der Waals surface area contributed by atoms with Gasteiger partial charge >= 0.3 is 0 Å². The van der Waals surface area contributed by atoms with Gasteiger partial charge in [-0.15, -0.1) is 0 Å². The molecule has 10 heteroatoms. The Morgan fingerprint density at radius 1 is 1.18 bits per heavy atom. The summed E-state index contributed by atoms with van der Waals surface area (Å²) < 4.78 is 25.2. The highest BCUT2D eigenvalue weighted by Gasteiger charge is 2.37. The van der Waals surface area contributed by atoms with Gasteiger partial charge in [-0.2, -0.15) is 0 Å². The van der Waals surface area contributed by atoms with Crippen LogP contribution in [0, 0.1) is 19.8 Å². The Kier molecular flexibility index (Phi) is 6.64. The molecular formula is C24H30N4O5S. The summed E-state index contributed by atoms with van der Waals surface area (Å²) in [5.74, 6) is -0.701. The van der Waals surface area contributed by atoms with E-state index in [1.54, 1.807) is 11.0 Å². The standard InChI is InChI=1S/C24H30N4O5S/c1-15-10-16(2)22(25-12-15)27-6-8-28(9-7-27)24(31)19-5-4-17(11-20(19)34(3,32)33)21-18(14-29)13-26-23(21)30/h4-5,10-12,18,21,29H,6-9,13-14H2,1-3H3,(H,26,30)/t18?,21-/m0/s1. The van der Waals surface area contributed by atoms with Crippen LogP contribution in [0.1, 0.15) is 33.0 Å². The van der Waals surface area contributed by atoms with E-state index in [9.17, 15) is 23.1 Å². The van der Waals surface area contributed by atoms with Gasteiger partial charge in [-0.05, 0) is 42.7 Å². The maximum atomic E-state index is 13.3. The SMILES string of the molecule is Cc1cnc(N2CCN(C(=O)c3ccc([C@@H]4C(=O)NCC4CO)cc3S(C)(=O)=O)CC2)c(C)c1. The molecule has 2 aliphatic heterocycles. The number of anilines is 1. The summed E-state index contributed by atoms with van der Waals surface area (Å²) in [5.41, 5.74) is 2.75. The number of carbonyl (C=O) groups is 2. The molecule has 2 saturated heterocycles. The molecular weight excluding hydrogens is 456 g/mol. The average Bonchev–Trinajstić information content (AvgIpc) is 3.18. The Labute approximate surface area is 199 Å². The lowest BCUT2D eigenvalue weighted by molar-refractivity contribution is -0.120. The number of aliphatic hydroxyl groups excluding tert-OH is 1. The van der Waals surface area contributed by atoms with Gasteiger partial charge in [-0.3, -0.25) is 9.59 Å². The lowest BCUT2D eigenvalue weighted by atomic mass is 9.88. The van der Waals surface area contributed by atoms with Gasteiger partial charge in [0.2, 0.25) is 5.91 Å². The van der Waals surface area contributed by atoms with Gasteiger partial charge in [-0.1, -0.05) is 12.1 Å². The number of hydrogen-bond acceptors (Lipinski definition) is 7. The van der Waals surface area contributed by atoms with E-state index in [0.717, 1.165) is 23.2 Å². The van der Waals surface area contributed by atoms with Gasteiger partial charge in [0.1, 0.15) is 5.82 Å². The van der Waals surface area contributed by atoms with Crippen LogP contribution >= 0.6 is 0 Å². The van der Waals surface area contributed by atoms with Crippen LogP contribution < -0.4 is 10.2 Å². The Balaban J connectivity index is 1.57. The van der Waals surface area contributed by atoms with Gasteiger partial charge in [0.05, 0.1) is 16.4 Å². The lowest BCUT2D eigenvalue weighted by Gasteiger charge is -2.36. The van der Waals surface area contributed by atoms with Crippen LogP contribution in [0.25, 0.3) is 0 Å². The predicted molar refractivity (Wildman–Crippen MR) is 128 cm³/mol. The summed E-state index contributed by atoms with van der Waals surface area (Å²) in [6, 6.07) is 6.60. The number of hydrogen-bond donors (Lipinski definition) is 2. The fourth-order valence-electron chi connectivity index (χ4n) is 4.81. The van der Waals surface area contributed by atoms with Crippen LogP contribution in [0.3, 0.4) is 0 Å². The molecule has 1 unspecified atom stereocenters. The van der Waals surface area contributed by atoms with Crippen molar-refractivity contribution in [2.24, 2.45) is 5.92 Å². The molecule has 0 spiro atoms. The minimum absolute atomic E-state index is 0.0927. The maximum Gasteiger partial charge on any atom is 0.255 e. The van der Waals surface area contributed by atoms with Gasteiger partial charge in [0.15, 0.2) is 9.84 Å². The van der Waals surface area contributed by atoms with Crippen molar-refractivity contribution in [1.29, 1.82) is 0 Å². The molecule has 4 rings (SSSR count). The van der Waals surface area contributed by atoms with Gasteiger partial charge in [-0.25, -0.2) is 13.4 Å². The topological polar surface area (TPSA) is 120 Å². The van der Waals surface area contributed by atoms with Crippen LogP contribution in [-0.2, 0) is 14.6 Å². The van der Waals surface area contributed by atoms with E-state index < -0.39 is 15.8 Å². The molecule has 2 fully saturated rings. The van der Waals surface area contributed by atoms with Crippen molar-refractivity contribution in [1.82, 2.24) is 15.2 Å². The Bertz CT molecular complexity index is 1220. The van der Waals surface area contributed by atoms with Crippen molar-refractivity contribution in [3.05, 3.63) is 52.7 Å². The van der Waals surface area contributed by atoms with E-state index in [1.807, 2.05) is 20.0 Å². The first kappa shape index (κ1) is 24.2. The van der Waals surface area contributed by atoms with Crippen molar-refractivity contribution in [2.75, 3.05) is 50.5 Å². The van der Waals surface area contributed by atoms with E-state index >= 15 is 0 Å². The van der Waals surface area contributed by atoms with Crippen LogP contribution in [0.4, 0.5) is 5.82 Å². The molecule has 2 aliphatic rings. The zero-order chi connectivity index (χ0) is 24.6. The number of aryl methyl sites for hydroxylation is 2. The summed E-state index contributed by atoms with van der Waals surface area (Å²) in [6.07, 6.45) is 2.89. The normalized spacial score (nSPS) is 21.0. The highest BCUT2D eigenvalue weighted by molar-refractivity contribution is 7.90. The van der Waals surface area contributed by atoms with E-state index in [2.05, 4.69) is 21.3 Å². The first-order chi connectivity index (χ1) is 16.1. The third-order valence-electron chi connectivity index (χ3n) is 6.58. The Hall–Kier alpha value is -2.98. The minimum Gasteiger partial charge on any atom is -0.396 e. The Morgan fingerprint density at radius 3 is 2.50 bits per heavy atom. The molecule has 34 heavy (non-hydrogen) atoms. The number of amides is 2. The van der Waals surface area contributed by atoms with Crippen molar-refractivity contribution in [3.8, 4) is 0 Å². The van der Waals surface area contributed by atoms with E-state index in [0.29, 0.717) is 38.3 Å². The quantitative estimate of drug-likeness (QED) is 0.644. The predicted octanol–water partition coefficient (Wildman–Crippen LogP) is 0.886. The smallest absolute Gasteiger partial charge is 0.255 e. The first-order valence-corrected chi connectivity index (χ1v) is 13.2. The molecule has 3 heterocycles. The molecule has 0 bridgehead atoms. The third-order valence-corrected chi connectivity index (χ3v) is 7.71. The number of nitrogens with one attached hydrogen (secondary N) is 1. The van der Waals surface area contributed by atoms with Crippen molar-refractivity contribution in [2.45, 2.75) is 24.7 Å². The maximum absolute atomic E-state index is 13.3. The molecule has 0 radical (unpaired) electrons. The number of rotatable bonds is 5. The number of sulfone groups is 1. The van der Waals surface area contributed by atoms with Crippen LogP contribution in [0.2, 0.25) is 0 Å². The number of aromatic nitrogens is 1. The lowest BCUT2D eigenvalue weighted by Crippen LogP contribution is -2.49. The molecule has 2 aromatic rings. The summed E-state index contributed by atoms with van der Waals surface area (Å²) in [4.78, 5) is 33.9. The number of carbonyl (C=O) groups excluding carboxylic acids is 2. The average molecular weight is 487 g/mol. The Morgan fingerprint density at radius 2 is 1.88 bits per heavy atom. The minimum atomic E-state index is -3.74. The highest BCUT2D eigenvalue weighted by Crippen LogP contribution is 2.32. The highest BCUT2D eigenvalue weighted by atomic mass is 32.2. The molecule has 1 aromatic heterocycles. The number of piperazine rings is 1. The molecule has 9 nitrogen and oxygen atoms in total. The monoisotopic (exact) mass is 486 g/mol. The van der Waals surface area contributed by atoms with Crippen LogP contribution in [-0.4, -0.2) is 80.8 Å². The fraction of sp³-hybridized carbons (Fsp3) is 0.458. The zero-order valence-corrected chi connectivity index (χ0v) is 20.4. The number of benzene rings is 1. The number of nitrogens with zero attached hydrogens (tertiary/aromatic N) is 3.